The van der Waals surface area contributed by atoms with Crippen molar-refractivity contribution in [2.75, 3.05) is 14.2 Å². The van der Waals surface area contributed by atoms with Crippen molar-refractivity contribution in [3.05, 3.63) is 58.9 Å². The number of amides is 2. The summed E-state index contributed by atoms with van der Waals surface area (Å²) in [5.74, 6) is -2.80. The monoisotopic (exact) mass is 1000 g/mol. The van der Waals surface area contributed by atoms with Gasteiger partial charge in [0.05, 0.1) is 24.0 Å². The van der Waals surface area contributed by atoms with Crippen LogP contribution in [0.4, 0.5) is 4.79 Å². The average molecular weight is 1000 g/mol. The number of rotatable bonds is 3. The Morgan fingerprint density at radius 3 is 2.24 bits per heavy atom. The molecule has 11 nitrogen and oxygen atoms in total. The van der Waals surface area contributed by atoms with Gasteiger partial charge in [0, 0.05) is 57.8 Å². The summed E-state index contributed by atoms with van der Waals surface area (Å²) in [6.07, 6.45) is 2.21. The van der Waals surface area contributed by atoms with E-state index in [0.717, 1.165) is 12.2 Å². The first-order valence-electron chi connectivity index (χ1n) is 12.5. The van der Waals surface area contributed by atoms with Gasteiger partial charge in [0.25, 0.3) is 5.91 Å². The van der Waals surface area contributed by atoms with E-state index >= 15 is 0 Å². The van der Waals surface area contributed by atoms with Gasteiger partial charge in [-0.2, -0.15) is 0 Å². The minimum absolute atomic E-state index is 0. The Morgan fingerprint density at radius 1 is 1.05 bits per heavy atom. The Hall–Kier alpha value is -3.72. The molecule has 1 unspecified atom stereocenters. The number of fused-ring (bicyclic) bond motifs is 2. The van der Waals surface area contributed by atoms with E-state index in [2.05, 4.69) is 5.32 Å². The van der Waals surface area contributed by atoms with Gasteiger partial charge < -0.3 is 35.5 Å². The van der Waals surface area contributed by atoms with Crippen LogP contribution in [0.25, 0.3) is 0 Å². The number of ether oxygens (including phenoxy) is 3. The zero-order chi connectivity index (χ0) is 29.4. The first-order valence-corrected chi connectivity index (χ1v) is 12.5. The van der Waals surface area contributed by atoms with Crippen LogP contribution < -0.4 is 11.1 Å². The minimum atomic E-state index is -1.23. The van der Waals surface area contributed by atoms with Gasteiger partial charge in [0.1, 0.15) is 6.10 Å². The summed E-state index contributed by atoms with van der Waals surface area (Å²) < 4.78 is 16.3. The summed E-state index contributed by atoms with van der Waals surface area (Å²) in [5, 5.41) is 24.2. The van der Waals surface area contributed by atoms with Crippen molar-refractivity contribution < 1.29 is 64.0 Å². The molecule has 0 saturated heterocycles. The maximum Gasteiger partial charge on any atom is 0.405 e. The number of hydrogen-bond acceptors (Lipinski definition) is 9. The fraction of sp³-hybridized carbons (Fsp3) is 0.500. The molecule has 0 aromatic heterocycles. The second-order valence-corrected chi connectivity index (χ2v) is 9.83. The molecule has 0 aromatic carbocycles. The van der Waals surface area contributed by atoms with E-state index in [1.165, 1.54) is 33.3 Å². The average Bonchev–Trinajstić information content (AvgIpc) is 2.86. The standard InChI is InChI=1S/C28H38N2O9.Re.Rf/c1-14-8-7-9-22(37-5)26(39-28(29)36)16(3)10-15(2)23(33)21(32)11-17(4)25(38-6)19-12-18(31)13-20(24(19)34)30-27(14)35;;/h7-10,12-13,15,17,21-23,25-26,32-33H,11H2,1-6H3,(H2,29,36)(H,30,35);;/b9-7-,14-8+,16-10+;;/t15-,17-,21-,22?,23+,25+,26-;;/m0../s1. The predicted octanol–water partition coefficient (Wildman–Crippen LogP) is 1.40. The molecule has 0 aromatic rings. The summed E-state index contributed by atoms with van der Waals surface area (Å²) in [7, 11) is 2.77. The summed E-state index contributed by atoms with van der Waals surface area (Å²) in [6.45, 7) is 6.59. The summed E-state index contributed by atoms with van der Waals surface area (Å²) >= 11 is 0. The summed E-state index contributed by atoms with van der Waals surface area (Å²) in [6, 6.07) is 0. The molecule has 1 aliphatic heterocycles. The number of primary amides is 1. The number of aliphatic hydroxyl groups is 2. The van der Waals surface area contributed by atoms with Gasteiger partial charge in [0.15, 0.2) is 11.9 Å². The van der Waals surface area contributed by atoms with Crippen molar-refractivity contribution in [3.63, 3.8) is 0 Å². The van der Waals surface area contributed by atoms with Crippen LogP contribution in [-0.2, 0) is 49.0 Å². The molecule has 7 atom stereocenters. The van der Waals surface area contributed by atoms with Crippen LogP contribution in [0.15, 0.2) is 58.9 Å². The zero-order valence-corrected chi connectivity index (χ0v) is 33.2. The smallest absolute Gasteiger partial charge is 0.405 e. The van der Waals surface area contributed by atoms with Crippen LogP contribution >= 0.6 is 0 Å². The molecule has 41 heavy (non-hydrogen) atoms. The molecule has 2 bridgehead atoms. The summed E-state index contributed by atoms with van der Waals surface area (Å²) in [5.41, 5.74) is 5.84. The van der Waals surface area contributed by atoms with Crippen molar-refractivity contribution in [1.29, 1.82) is 0 Å². The van der Waals surface area contributed by atoms with Crippen molar-refractivity contribution >= 4 is 23.6 Å². The number of allylic oxidation sites excluding steroid dienone is 5. The van der Waals surface area contributed by atoms with E-state index < -0.39 is 65.9 Å². The molecule has 5 N–H and O–H groups in total. The van der Waals surface area contributed by atoms with Gasteiger partial charge >= 0.3 is 6.09 Å². The number of aliphatic hydroxyl groups excluding tert-OH is 2. The molecule has 2 amide bonds. The van der Waals surface area contributed by atoms with E-state index in [0.29, 0.717) is 5.57 Å². The van der Waals surface area contributed by atoms with Gasteiger partial charge in [-0.1, -0.05) is 38.2 Å². The third-order valence-corrected chi connectivity index (χ3v) is 6.76. The number of hydrogen-bond donors (Lipinski definition) is 4. The Kier molecular flexibility index (Phi) is 15.0. The molecule has 223 valence electrons. The number of ketones is 2. The fourth-order valence-electron chi connectivity index (χ4n) is 4.65. The van der Waals surface area contributed by atoms with Crippen LogP contribution in [0.3, 0.4) is 0 Å². The molecule has 1 heterocycles. The molecule has 2 rings (SSSR count). The predicted molar refractivity (Wildman–Crippen MR) is 142 cm³/mol. The normalized spacial score (nSPS) is 33.3. The topological polar surface area (TPSA) is 174 Å². The van der Waals surface area contributed by atoms with Crippen LogP contribution in [-0.4, -0.2) is 78.5 Å². The number of carbonyl (C=O) groups is 4. The van der Waals surface area contributed by atoms with Crippen molar-refractivity contribution in [2.24, 2.45) is 17.6 Å². The SMILES string of the molecule is COC1/C=C\C=C(/C)C(=O)NC2=CC(=O)C=C(C2=O)[C@H](OC)[C@@H](C)C[C@H](O)[C@H](O)[C@@H](C)/C=C(\C)[C@@H]1OC(N)=O.[Re].[Rf]. The molecule has 0 fully saturated rings. The quantitative estimate of drug-likeness (QED) is 0.241. The minimum Gasteiger partial charge on any atom is -0.439 e. The second kappa shape index (κ2) is 16.5. The fourth-order valence-corrected chi connectivity index (χ4v) is 4.65. The second-order valence-electron chi connectivity index (χ2n) is 9.83. The van der Waals surface area contributed by atoms with E-state index in [-0.39, 0.29) is 43.7 Å². The van der Waals surface area contributed by atoms with Crippen LogP contribution in [0.1, 0.15) is 34.1 Å². The molecule has 13 heteroatoms. The van der Waals surface area contributed by atoms with Gasteiger partial charge in [-0.15, -0.1) is 0 Å². The molecule has 1 aliphatic carbocycles. The Morgan fingerprint density at radius 2 is 1.68 bits per heavy atom. The Labute approximate surface area is 247 Å². The van der Waals surface area contributed by atoms with Crippen LogP contribution in [0, 0.1) is 11.8 Å². The molecular formula is C28H38N2O9ReRf. The van der Waals surface area contributed by atoms with Crippen molar-refractivity contribution in [3.8, 4) is 0 Å². The zero-order valence-electron chi connectivity index (χ0n) is 24.1. The van der Waals surface area contributed by atoms with Crippen LogP contribution in [0.5, 0.6) is 0 Å². The summed E-state index contributed by atoms with van der Waals surface area (Å²) in [4.78, 5) is 50.1. The number of methoxy groups -OCH3 is 2. The van der Waals surface area contributed by atoms with E-state index in [1.54, 1.807) is 32.9 Å². The van der Waals surface area contributed by atoms with Gasteiger partial charge in [-0.05, 0) is 37.8 Å². The van der Waals surface area contributed by atoms with Gasteiger partial charge in [-0.3, -0.25) is 14.4 Å². The molecule has 1 radical (unpaired) electrons. The first kappa shape index (κ1) is 37.3. The third kappa shape index (κ3) is 9.71. The molecule has 2 aliphatic rings. The Bertz CT molecular complexity index is 1130. The number of nitrogens with one attached hydrogen (secondary N) is 1. The van der Waals surface area contributed by atoms with Crippen LogP contribution in [0.2, 0.25) is 0 Å². The van der Waals surface area contributed by atoms with Crippen molar-refractivity contribution in [2.45, 2.75) is 64.6 Å². The van der Waals surface area contributed by atoms with E-state index in [9.17, 15) is 29.4 Å². The van der Waals surface area contributed by atoms with Crippen molar-refractivity contribution in [1.82, 2.24) is 5.32 Å². The molecular weight excluding hydrogens is 962 g/mol. The van der Waals surface area contributed by atoms with Gasteiger partial charge in [-0.25, -0.2) is 4.79 Å². The molecule has 0 spiro atoms. The Balaban J connectivity index is 0.00000800. The third-order valence-electron chi connectivity index (χ3n) is 6.76. The molecule has 0 saturated carbocycles. The van der Waals surface area contributed by atoms with E-state index in [4.69, 9.17) is 19.9 Å². The largest absolute Gasteiger partial charge is 0.439 e. The van der Waals surface area contributed by atoms with Gasteiger partial charge in [0.2, 0.25) is 5.78 Å². The number of carbonyl (C=O) groups excluding carboxylic acids is 4. The maximum absolute atomic E-state index is 13.2. The maximum atomic E-state index is 13.2. The number of Topliss-reactive ketones (excluding diaryl/α,β-unsaturated/α-hetero) is 1. The first-order chi connectivity index (χ1) is 18.3. The number of nitrogens with two attached hydrogens (primary N) is 1. The van der Waals surface area contributed by atoms with E-state index in [1.807, 2.05) is 0 Å².